The van der Waals surface area contributed by atoms with E-state index in [1.54, 1.807) is 5.69 Å². The van der Waals surface area contributed by atoms with Crippen LogP contribution in [0.4, 0.5) is 0 Å². The van der Waals surface area contributed by atoms with E-state index in [0.717, 1.165) is 12.5 Å². The van der Waals surface area contributed by atoms with E-state index in [1.165, 1.54) is 63.0 Å². The van der Waals surface area contributed by atoms with Gasteiger partial charge in [-0.2, -0.15) is 0 Å². The molecule has 3 rings (SSSR count). The van der Waals surface area contributed by atoms with Crippen LogP contribution in [0.25, 0.3) is 0 Å². The smallest absolute Gasteiger partial charge is 0.123 e. The van der Waals surface area contributed by atoms with Crippen molar-refractivity contribution in [1.29, 1.82) is 0 Å². The number of imidazole rings is 1. The standard InChI is InChI=1S/C14H23N3/c1-15-10-13-16-14(11-6-2-3-7-11)12-8-4-5-9-17(12)13/h11,15H,2-10H2,1H3. The molecule has 3 nitrogen and oxygen atoms in total. The van der Waals surface area contributed by atoms with Crippen molar-refractivity contribution < 1.29 is 0 Å². The third-order valence-corrected chi connectivity index (χ3v) is 4.30. The molecule has 0 bridgehead atoms. The van der Waals surface area contributed by atoms with Gasteiger partial charge in [-0.25, -0.2) is 4.98 Å². The van der Waals surface area contributed by atoms with E-state index in [9.17, 15) is 0 Å². The fourth-order valence-electron chi connectivity index (χ4n) is 3.47. The zero-order valence-electron chi connectivity index (χ0n) is 10.8. The van der Waals surface area contributed by atoms with Crippen molar-refractivity contribution in [1.82, 2.24) is 14.9 Å². The SMILES string of the molecule is CNCc1nc(C2CCCC2)c2n1CCCC2. The molecule has 0 saturated heterocycles. The summed E-state index contributed by atoms with van der Waals surface area (Å²) in [6.45, 7) is 2.10. The van der Waals surface area contributed by atoms with Gasteiger partial charge in [0.15, 0.2) is 0 Å². The Labute approximate surface area is 104 Å². The zero-order chi connectivity index (χ0) is 11.7. The summed E-state index contributed by atoms with van der Waals surface area (Å²) in [6.07, 6.45) is 9.46. The van der Waals surface area contributed by atoms with E-state index in [-0.39, 0.29) is 0 Å². The molecule has 94 valence electrons. The Bertz CT molecular complexity index is 388. The van der Waals surface area contributed by atoms with Gasteiger partial charge in [-0.05, 0) is 39.2 Å². The van der Waals surface area contributed by atoms with Gasteiger partial charge in [0.2, 0.25) is 0 Å². The summed E-state index contributed by atoms with van der Waals surface area (Å²) in [5.41, 5.74) is 3.01. The zero-order valence-corrected chi connectivity index (χ0v) is 10.8. The van der Waals surface area contributed by atoms with Crippen molar-refractivity contribution in [3.8, 4) is 0 Å². The largest absolute Gasteiger partial charge is 0.331 e. The van der Waals surface area contributed by atoms with Gasteiger partial charge in [-0.1, -0.05) is 12.8 Å². The Morgan fingerprint density at radius 2 is 2.06 bits per heavy atom. The summed E-state index contributed by atoms with van der Waals surface area (Å²) in [5.74, 6) is 2.03. The second-order valence-corrected chi connectivity index (χ2v) is 5.48. The lowest BCUT2D eigenvalue weighted by atomic mass is 9.98. The Morgan fingerprint density at radius 1 is 1.24 bits per heavy atom. The molecule has 0 amide bonds. The number of aromatic nitrogens is 2. The first-order chi connectivity index (χ1) is 8.40. The van der Waals surface area contributed by atoms with Gasteiger partial charge in [0, 0.05) is 18.2 Å². The molecule has 2 heterocycles. The highest BCUT2D eigenvalue weighted by Crippen LogP contribution is 2.37. The van der Waals surface area contributed by atoms with Crippen LogP contribution in [0.2, 0.25) is 0 Å². The van der Waals surface area contributed by atoms with E-state index >= 15 is 0 Å². The summed E-state index contributed by atoms with van der Waals surface area (Å²) >= 11 is 0. The molecular weight excluding hydrogens is 210 g/mol. The predicted molar refractivity (Wildman–Crippen MR) is 69.1 cm³/mol. The normalized spacial score (nSPS) is 20.8. The van der Waals surface area contributed by atoms with Gasteiger partial charge in [0.1, 0.15) is 5.82 Å². The monoisotopic (exact) mass is 233 g/mol. The van der Waals surface area contributed by atoms with Crippen LogP contribution in [0.3, 0.4) is 0 Å². The van der Waals surface area contributed by atoms with Crippen molar-refractivity contribution >= 4 is 0 Å². The molecule has 0 aromatic carbocycles. The van der Waals surface area contributed by atoms with Crippen molar-refractivity contribution in [3.63, 3.8) is 0 Å². The van der Waals surface area contributed by atoms with Crippen LogP contribution < -0.4 is 5.32 Å². The van der Waals surface area contributed by atoms with Crippen molar-refractivity contribution in [2.45, 2.75) is 64.0 Å². The molecule has 1 N–H and O–H groups in total. The summed E-state index contributed by atoms with van der Waals surface area (Å²) in [4.78, 5) is 4.96. The summed E-state index contributed by atoms with van der Waals surface area (Å²) in [6, 6.07) is 0. The Hall–Kier alpha value is -0.830. The molecule has 17 heavy (non-hydrogen) atoms. The summed E-state index contributed by atoms with van der Waals surface area (Å²) < 4.78 is 2.49. The quantitative estimate of drug-likeness (QED) is 0.869. The Balaban J connectivity index is 1.96. The molecular formula is C14H23N3. The lowest BCUT2D eigenvalue weighted by Gasteiger charge is -2.18. The predicted octanol–water partition coefficient (Wildman–Crippen LogP) is 2.60. The molecule has 2 aliphatic rings. The van der Waals surface area contributed by atoms with Gasteiger partial charge in [-0.3, -0.25) is 0 Å². The van der Waals surface area contributed by atoms with Crippen LogP contribution in [0, 0.1) is 0 Å². The minimum Gasteiger partial charge on any atom is -0.331 e. The maximum Gasteiger partial charge on any atom is 0.123 e. The number of nitrogens with one attached hydrogen (secondary N) is 1. The molecule has 1 aliphatic carbocycles. The van der Waals surface area contributed by atoms with E-state index < -0.39 is 0 Å². The minimum atomic E-state index is 0.764. The maximum atomic E-state index is 4.96. The van der Waals surface area contributed by atoms with Gasteiger partial charge in [0.05, 0.1) is 12.2 Å². The van der Waals surface area contributed by atoms with Gasteiger partial charge in [0.25, 0.3) is 0 Å². The second-order valence-electron chi connectivity index (χ2n) is 5.48. The van der Waals surface area contributed by atoms with Crippen LogP contribution in [-0.2, 0) is 19.5 Å². The number of hydrogen-bond acceptors (Lipinski definition) is 2. The third kappa shape index (κ3) is 2.01. The average Bonchev–Trinajstić information content (AvgIpc) is 2.97. The van der Waals surface area contributed by atoms with Crippen molar-refractivity contribution in [2.75, 3.05) is 7.05 Å². The third-order valence-electron chi connectivity index (χ3n) is 4.30. The van der Waals surface area contributed by atoms with Crippen molar-refractivity contribution in [2.24, 2.45) is 0 Å². The highest BCUT2D eigenvalue weighted by atomic mass is 15.1. The van der Waals surface area contributed by atoms with Crippen LogP contribution >= 0.6 is 0 Å². The van der Waals surface area contributed by atoms with Gasteiger partial charge >= 0.3 is 0 Å². The minimum absolute atomic E-state index is 0.764. The first kappa shape index (κ1) is 11.3. The van der Waals surface area contributed by atoms with Crippen LogP contribution in [0.1, 0.15) is 61.7 Å². The molecule has 1 saturated carbocycles. The van der Waals surface area contributed by atoms with E-state index in [4.69, 9.17) is 4.98 Å². The second kappa shape index (κ2) is 4.81. The molecule has 0 spiro atoms. The fourth-order valence-corrected chi connectivity index (χ4v) is 3.47. The fraction of sp³-hybridized carbons (Fsp3) is 0.786. The molecule has 0 atom stereocenters. The Kier molecular flexibility index (Phi) is 3.19. The number of rotatable bonds is 3. The molecule has 0 unspecified atom stereocenters. The molecule has 1 aliphatic heterocycles. The first-order valence-corrected chi connectivity index (χ1v) is 7.13. The van der Waals surface area contributed by atoms with Crippen LogP contribution in [0.15, 0.2) is 0 Å². The molecule has 1 aromatic rings. The lowest BCUT2D eigenvalue weighted by molar-refractivity contribution is 0.504. The maximum absolute atomic E-state index is 4.96. The highest BCUT2D eigenvalue weighted by Gasteiger charge is 2.27. The van der Waals surface area contributed by atoms with E-state index in [1.807, 2.05) is 7.05 Å². The average molecular weight is 233 g/mol. The number of hydrogen-bond donors (Lipinski definition) is 1. The van der Waals surface area contributed by atoms with Crippen LogP contribution in [0.5, 0.6) is 0 Å². The number of fused-ring (bicyclic) bond motifs is 1. The Morgan fingerprint density at radius 3 is 2.82 bits per heavy atom. The topological polar surface area (TPSA) is 29.9 Å². The van der Waals surface area contributed by atoms with Gasteiger partial charge < -0.3 is 9.88 Å². The van der Waals surface area contributed by atoms with E-state index in [0.29, 0.717) is 0 Å². The number of nitrogens with zero attached hydrogens (tertiary/aromatic N) is 2. The lowest BCUT2D eigenvalue weighted by Crippen LogP contribution is -2.17. The van der Waals surface area contributed by atoms with E-state index in [2.05, 4.69) is 9.88 Å². The van der Waals surface area contributed by atoms with Gasteiger partial charge in [-0.15, -0.1) is 0 Å². The summed E-state index contributed by atoms with van der Waals surface area (Å²) in [7, 11) is 2.01. The summed E-state index contributed by atoms with van der Waals surface area (Å²) in [5, 5.41) is 3.25. The molecule has 1 fully saturated rings. The first-order valence-electron chi connectivity index (χ1n) is 7.13. The molecule has 1 aromatic heterocycles. The van der Waals surface area contributed by atoms with Crippen LogP contribution in [-0.4, -0.2) is 16.6 Å². The highest BCUT2D eigenvalue weighted by molar-refractivity contribution is 5.24. The molecule has 3 heteroatoms. The molecule has 0 radical (unpaired) electrons. The van der Waals surface area contributed by atoms with Crippen molar-refractivity contribution in [3.05, 3.63) is 17.2 Å².